The molecule has 1 unspecified atom stereocenters. The molecule has 4 rings (SSSR count). The molecule has 41 heavy (non-hydrogen) atoms. The van der Waals surface area contributed by atoms with Crippen LogP contribution in [-0.4, -0.2) is 75.3 Å². The van der Waals surface area contributed by atoms with Crippen molar-refractivity contribution in [2.24, 2.45) is 0 Å². The van der Waals surface area contributed by atoms with Crippen LogP contribution in [0.25, 0.3) is 11.1 Å². The fraction of sp³-hybridized carbons (Fsp3) is 0.393. The topological polar surface area (TPSA) is 130 Å². The molecule has 2 N–H and O–H groups in total. The molecule has 3 aromatic rings. The number of rotatable bonds is 10. The third kappa shape index (κ3) is 8.43. The summed E-state index contributed by atoms with van der Waals surface area (Å²) < 4.78 is 26.0. The first kappa shape index (κ1) is 29.8. The second kappa shape index (κ2) is 13.0. The summed E-state index contributed by atoms with van der Waals surface area (Å²) >= 11 is 1.45. The molecule has 3 amide bonds. The molecule has 1 aliphatic rings. The summed E-state index contributed by atoms with van der Waals surface area (Å²) in [6.45, 7) is 7.96. The fourth-order valence-corrected chi connectivity index (χ4v) is 4.83. The van der Waals surface area contributed by atoms with E-state index in [1.165, 1.54) is 36.0 Å². The zero-order valence-electron chi connectivity index (χ0n) is 23.3. The van der Waals surface area contributed by atoms with Gasteiger partial charge in [-0.15, -0.1) is 0 Å². The van der Waals surface area contributed by atoms with E-state index < -0.39 is 29.7 Å². The minimum Gasteiger partial charge on any atom is -0.444 e. The number of anilines is 1. The highest BCUT2D eigenvalue weighted by Crippen LogP contribution is 2.29. The first-order valence-electron chi connectivity index (χ1n) is 13.1. The Morgan fingerprint density at radius 3 is 2.63 bits per heavy atom. The van der Waals surface area contributed by atoms with E-state index in [2.05, 4.69) is 20.5 Å². The smallest absolute Gasteiger partial charge is 0.414 e. The molecule has 0 aliphatic carbocycles. The van der Waals surface area contributed by atoms with Gasteiger partial charge in [-0.3, -0.25) is 14.8 Å². The van der Waals surface area contributed by atoms with Crippen LogP contribution in [0.2, 0.25) is 0 Å². The van der Waals surface area contributed by atoms with Crippen LogP contribution in [0.5, 0.6) is 0 Å². The van der Waals surface area contributed by atoms with Crippen LogP contribution >= 0.6 is 11.8 Å². The maximum atomic E-state index is 15.2. The summed E-state index contributed by atoms with van der Waals surface area (Å²) in [5, 5.41) is 9.90. The Kier molecular flexibility index (Phi) is 9.48. The van der Waals surface area contributed by atoms with Gasteiger partial charge in [0.1, 0.15) is 23.8 Å². The number of halogens is 1. The average Bonchev–Trinajstić information content (AvgIpc) is 3.56. The molecule has 0 saturated carbocycles. The lowest BCUT2D eigenvalue weighted by Gasteiger charge is -2.27. The van der Waals surface area contributed by atoms with Crippen molar-refractivity contribution in [3.05, 3.63) is 60.2 Å². The number of carbonyl (C=O) groups is 3. The summed E-state index contributed by atoms with van der Waals surface area (Å²) in [4.78, 5) is 43.4. The number of H-pyrrole nitrogens is 1. The van der Waals surface area contributed by atoms with E-state index in [4.69, 9.17) is 9.47 Å². The monoisotopic (exact) mass is 584 g/mol. The van der Waals surface area contributed by atoms with Gasteiger partial charge < -0.3 is 19.7 Å². The number of thioether (sulfide) groups is 1. The van der Waals surface area contributed by atoms with Gasteiger partial charge in [-0.05, 0) is 50.1 Å². The van der Waals surface area contributed by atoms with Crippen LogP contribution in [0.3, 0.4) is 0 Å². The number of hydrogen-bond acceptors (Lipinski definition) is 8. The largest absolute Gasteiger partial charge is 0.444 e. The maximum absolute atomic E-state index is 15.2. The predicted molar refractivity (Wildman–Crippen MR) is 152 cm³/mol. The summed E-state index contributed by atoms with van der Waals surface area (Å²) in [7, 11) is 0. The van der Waals surface area contributed by atoms with Crippen LogP contribution in [0.4, 0.5) is 19.7 Å². The standard InChI is InChI=1S/C28H33FN6O5S/c1-18(36)30-14-22-16-35(27(38)39-22)21-9-10-23(24(29)13-21)20-7-5-19(6-8-20)15-34(26(37)40-28(2,3)4)11-12-41-25-31-17-32-33-25/h5-10,13,17,22H,11-12,14-16H2,1-4H3,(H,30,36)(H,31,32,33). The molecule has 1 fully saturated rings. The molecule has 0 radical (unpaired) electrons. The number of hydrogen-bond donors (Lipinski definition) is 2. The van der Waals surface area contributed by atoms with Gasteiger partial charge in [-0.25, -0.2) is 19.0 Å². The van der Waals surface area contributed by atoms with Crippen LogP contribution < -0.4 is 10.2 Å². The molecule has 1 aliphatic heterocycles. The molecule has 13 heteroatoms. The maximum Gasteiger partial charge on any atom is 0.414 e. The predicted octanol–water partition coefficient (Wildman–Crippen LogP) is 4.60. The molecule has 1 atom stereocenters. The van der Waals surface area contributed by atoms with Gasteiger partial charge in [-0.2, -0.15) is 5.10 Å². The average molecular weight is 585 g/mol. The van der Waals surface area contributed by atoms with E-state index in [0.717, 1.165) is 5.56 Å². The van der Waals surface area contributed by atoms with E-state index in [1.54, 1.807) is 29.2 Å². The molecular weight excluding hydrogens is 551 g/mol. The number of ether oxygens (including phenoxy) is 2. The van der Waals surface area contributed by atoms with Crippen LogP contribution in [0, 0.1) is 5.82 Å². The number of cyclic esters (lactones) is 1. The van der Waals surface area contributed by atoms with Crippen molar-refractivity contribution in [3.8, 4) is 11.1 Å². The van der Waals surface area contributed by atoms with Gasteiger partial charge in [0, 0.05) is 31.3 Å². The normalized spacial score (nSPS) is 15.0. The van der Waals surface area contributed by atoms with Gasteiger partial charge in [0.15, 0.2) is 5.16 Å². The van der Waals surface area contributed by atoms with Crippen LogP contribution in [0.1, 0.15) is 33.3 Å². The molecule has 2 aromatic carbocycles. The molecular formula is C28H33FN6O5S. The van der Waals surface area contributed by atoms with E-state index in [9.17, 15) is 14.4 Å². The van der Waals surface area contributed by atoms with Crippen molar-refractivity contribution in [1.82, 2.24) is 25.4 Å². The summed E-state index contributed by atoms with van der Waals surface area (Å²) in [5.41, 5.74) is 1.60. The van der Waals surface area contributed by atoms with Gasteiger partial charge in [0.25, 0.3) is 0 Å². The second-order valence-corrected chi connectivity index (χ2v) is 11.5. The number of aromatic nitrogens is 3. The molecule has 11 nitrogen and oxygen atoms in total. The van der Waals surface area contributed by atoms with Crippen molar-refractivity contribution in [2.75, 3.05) is 30.3 Å². The Bertz CT molecular complexity index is 1360. The Labute approximate surface area is 241 Å². The zero-order chi connectivity index (χ0) is 29.6. The number of nitrogens with zero attached hydrogens (tertiary/aromatic N) is 4. The highest BCUT2D eigenvalue weighted by atomic mass is 32.2. The van der Waals surface area contributed by atoms with E-state index in [1.807, 2.05) is 32.9 Å². The van der Waals surface area contributed by atoms with Crippen molar-refractivity contribution in [2.45, 2.75) is 51.1 Å². The van der Waals surface area contributed by atoms with Crippen molar-refractivity contribution in [3.63, 3.8) is 0 Å². The molecule has 1 saturated heterocycles. The lowest BCUT2D eigenvalue weighted by atomic mass is 10.0. The molecule has 0 spiro atoms. The quantitative estimate of drug-likeness (QED) is 0.331. The fourth-order valence-electron chi connectivity index (χ4n) is 4.09. The minimum atomic E-state index is -0.640. The summed E-state index contributed by atoms with van der Waals surface area (Å²) in [6.07, 6.45) is -0.104. The van der Waals surface area contributed by atoms with Crippen LogP contribution in [-0.2, 0) is 20.8 Å². The number of aromatic amines is 1. The first-order chi connectivity index (χ1) is 19.5. The van der Waals surface area contributed by atoms with E-state index in [-0.39, 0.29) is 19.0 Å². The second-order valence-electron chi connectivity index (χ2n) is 10.5. The molecule has 0 bridgehead atoms. The van der Waals surface area contributed by atoms with Gasteiger partial charge in [-0.1, -0.05) is 36.0 Å². The zero-order valence-corrected chi connectivity index (χ0v) is 24.2. The number of amides is 3. The van der Waals surface area contributed by atoms with Gasteiger partial charge in [0.05, 0.1) is 18.8 Å². The van der Waals surface area contributed by atoms with Gasteiger partial charge in [0.2, 0.25) is 5.91 Å². The van der Waals surface area contributed by atoms with E-state index in [0.29, 0.717) is 40.8 Å². The Balaban J connectivity index is 1.42. The number of nitrogens with one attached hydrogen (secondary N) is 2. The highest BCUT2D eigenvalue weighted by molar-refractivity contribution is 7.99. The van der Waals surface area contributed by atoms with Crippen LogP contribution in [0.15, 0.2) is 53.9 Å². The minimum absolute atomic E-state index is 0.191. The third-order valence-electron chi connectivity index (χ3n) is 6.00. The Morgan fingerprint density at radius 1 is 1.24 bits per heavy atom. The van der Waals surface area contributed by atoms with Crippen molar-refractivity contribution >= 4 is 35.5 Å². The molecule has 1 aromatic heterocycles. The Hall–Kier alpha value is -4.13. The van der Waals surface area contributed by atoms with Crippen molar-refractivity contribution in [1.29, 1.82) is 0 Å². The molecule has 218 valence electrons. The van der Waals surface area contributed by atoms with Gasteiger partial charge >= 0.3 is 12.2 Å². The third-order valence-corrected chi connectivity index (χ3v) is 6.86. The lowest BCUT2D eigenvalue weighted by Crippen LogP contribution is -2.37. The summed E-state index contributed by atoms with van der Waals surface area (Å²) in [5.74, 6) is -0.128. The summed E-state index contributed by atoms with van der Waals surface area (Å²) in [6, 6.07) is 11.8. The Morgan fingerprint density at radius 2 is 2.00 bits per heavy atom. The van der Waals surface area contributed by atoms with E-state index >= 15 is 4.39 Å². The molecule has 2 heterocycles. The SMILES string of the molecule is CC(=O)NCC1CN(c2ccc(-c3ccc(CN(CCSc4ncn[nH]4)C(=O)OC(C)(C)C)cc3)c(F)c2)C(=O)O1. The lowest BCUT2D eigenvalue weighted by molar-refractivity contribution is -0.119. The van der Waals surface area contributed by atoms with Crippen molar-refractivity contribution < 1.29 is 28.2 Å². The number of carbonyl (C=O) groups excluding carboxylic acids is 3. The highest BCUT2D eigenvalue weighted by Gasteiger charge is 2.32. The number of benzene rings is 2. The first-order valence-corrected chi connectivity index (χ1v) is 14.0.